The van der Waals surface area contributed by atoms with Crippen molar-refractivity contribution in [2.45, 2.75) is 102 Å². The van der Waals surface area contributed by atoms with E-state index in [2.05, 4.69) is 58.5 Å². The molecule has 2 amide bonds. The molecular formula is C31H45N5O3. The normalized spacial score (nSPS) is 24.1. The van der Waals surface area contributed by atoms with Crippen molar-refractivity contribution in [3.63, 3.8) is 0 Å². The van der Waals surface area contributed by atoms with Gasteiger partial charge in [0.25, 0.3) is 0 Å². The first-order chi connectivity index (χ1) is 18.9. The van der Waals surface area contributed by atoms with Crippen LogP contribution in [0.5, 0.6) is 0 Å². The van der Waals surface area contributed by atoms with Gasteiger partial charge in [-0.2, -0.15) is 5.10 Å². The number of rotatable bonds is 8. The highest BCUT2D eigenvalue weighted by Gasteiger charge is 2.55. The molecule has 3 N–H and O–H groups in total. The van der Waals surface area contributed by atoms with Crippen LogP contribution in [-0.2, 0) is 9.59 Å². The number of nitrogens with zero attached hydrogens (tertiary/aromatic N) is 3. The molecule has 2 aliphatic heterocycles. The number of likely N-dealkylation sites (tertiary alicyclic amines) is 1. The molecule has 8 nitrogen and oxygen atoms in total. The second kappa shape index (κ2) is 11.8. The summed E-state index contributed by atoms with van der Waals surface area (Å²) < 4.78 is 0. The fourth-order valence-corrected chi connectivity index (χ4v) is 7.27. The van der Waals surface area contributed by atoms with E-state index in [1.165, 1.54) is 17.5 Å². The van der Waals surface area contributed by atoms with Gasteiger partial charge >= 0.3 is 0 Å². The Kier molecular flexibility index (Phi) is 8.43. The molecule has 0 bridgehead atoms. The molecule has 0 radical (unpaired) electrons. The number of aromatic nitrogens is 2. The Morgan fingerprint density at radius 3 is 2.38 bits per heavy atom. The standard InChI is InChI=1S/C31H45N5O3/c1-4-5-18-36-29(38)26(28(37)24-14-10-7-11-15-24)32-30(39)31(36)16-19-35(20-17-31)27(23-12-8-6-9-13-23)25-21(2)33-34-22(25)3/h6,8-9,12-13,24,26-28,37H,4-5,7,10-11,14-20H2,1-3H3,(H,32,39)(H,33,34)/t26-,27?,28-/m1/s1. The van der Waals surface area contributed by atoms with Crippen LogP contribution >= 0.6 is 0 Å². The second-order valence-corrected chi connectivity index (χ2v) is 11.9. The highest BCUT2D eigenvalue weighted by atomic mass is 16.3. The molecule has 39 heavy (non-hydrogen) atoms. The number of carbonyl (C=O) groups is 2. The van der Waals surface area contributed by atoms with Crippen molar-refractivity contribution in [3.05, 3.63) is 52.8 Å². The van der Waals surface area contributed by atoms with E-state index >= 15 is 0 Å². The predicted molar refractivity (Wildman–Crippen MR) is 151 cm³/mol. The molecule has 2 saturated heterocycles. The first-order valence-corrected chi connectivity index (χ1v) is 15.0. The molecule has 3 atom stereocenters. The lowest BCUT2D eigenvalue weighted by Crippen LogP contribution is -2.75. The van der Waals surface area contributed by atoms with Gasteiger partial charge in [0.2, 0.25) is 11.8 Å². The van der Waals surface area contributed by atoms with E-state index in [-0.39, 0.29) is 23.8 Å². The number of hydrogen-bond acceptors (Lipinski definition) is 5. The number of hydrogen-bond donors (Lipinski definition) is 3. The highest BCUT2D eigenvalue weighted by molar-refractivity contribution is 6.00. The maximum Gasteiger partial charge on any atom is 0.248 e. The molecular weight excluding hydrogens is 490 g/mol. The van der Waals surface area contributed by atoms with E-state index in [9.17, 15) is 14.7 Å². The average Bonchev–Trinajstić information content (AvgIpc) is 3.30. The van der Waals surface area contributed by atoms with E-state index < -0.39 is 17.7 Å². The molecule has 1 spiro atoms. The van der Waals surface area contributed by atoms with Crippen LogP contribution in [0.15, 0.2) is 30.3 Å². The lowest BCUT2D eigenvalue weighted by atomic mass is 9.77. The van der Waals surface area contributed by atoms with Crippen LogP contribution < -0.4 is 5.32 Å². The molecule has 1 aliphatic carbocycles. The number of amides is 2. The van der Waals surface area contributed by atoms with Crippen LogP contribution in [0, 0.1) is 19.8 Å². The van der Waals surface area contributed by atoms with Crippen molar-refractivity contribution in [2.24, 2.45) is 5.92 Å². The summed E-state index contributed by atoms with van der Waals surface area (Å²) in [4.78, 5) is 32.2. The molecule has 3 aliphatic rings. The molecule has 1 saturated carbocycles. The van der Waals surface area contributed by atoms with Crippen molar-refractivity contribution in [1.82, 2.24) is 25.3 Å². The number of aryl methyl sites for hydroxylation is 2. The van der Waals surface area contributed by atoms with E-state index in [0.29, 0.717) is 32.5 Å². The Balaban J connectivity index is 1.40. The van der Waals surface area contributed by atoms with Crippen LogP contribution in [0.1, 0.15) is 93.3 Å². The summed E-state index contributed by atoms with van der Waals surface area (Å²) in [5, 5.41) is 21.9. The number of piperazine rings is 1. The van der Waals surface area contributed by atoms with E-state index in [0.717, 1.165) is 49.9 Å². The van der Waals surface area contributed by atoms with Crippen molar-refractivity contribution in [1.29, 1.82) is 0 Å². The molecule has 1 aromatic heterocycles. The molecule has 3 heterocycles. The lowest BCUT2D eigenvalue weighted by Gasteiger charge is -2.53. The van der Waals surface area contributed by atoms with Crippen molar-refractivity contribution < 1.29 is 14.7 Å². The number of unbranched alkanes of at least 4 members (excludes halogenated alkanes) is 1. The fourth-order valence-electron chi connectivity index (χ4n) is 7.27. The number of benzene rings is 1. The third-order valence-electron chi connectivity index (χ3n) is 9.53. The number of carbonyl (C=O) groups excluding carboxylic acids is 2. The fraction of sp³-hybridized carbons (Fsp3) is 0.645. The Hall–Kier alpha value is -2.71. The van der Waals surface area contributed by atoms with E-state index in [1.807, 2.05) is 17.9 Å². The Bertz CT molecular complexity index is 1110. The van der Waals surface area contributed by atoms with Gasteiger partial charge in [-0.3, -0.25) is 19.6 Å². The average molecular weight is 536 g/mol. The molecule has 8 heteroatoms. The summed E-state index contributed by atoms with van der Waals surface area (Å²) >= 11 is 0. The van der Waals surface area contributed by atoms with Crippen LogP contribution in [-0.4, -0.2) is 74.2 Å². The maximum atomic E-state index is 14.0. The SMILES string of the molecule is CCCCN1C(=O)[C@@H]([C@H](O)C2CCCCC2)NC(=O)C12CCN(C(c1ccccc1)c1c(C)n[nH]c1C)CC2. The molecule has 5 rings (SSSR count). The van der Waals surface area contributed by atoms with Crippen LogP contribution in [0.25, 0.3) is 0 Å². The number of aliphatic hydroxyl groups excluding tert-OH is 1. The zero-order valence-corrected chi connectivity index (χ0v) is 23.8. The first-order valence-electron chi connectivity index (χ1n) is 15.0. The Morgan fingerprint density at radius 1 is 1.08 bits per heavy atom. The maximum absolute atomic E-state index is 14.0. The molecule has 1 unspecified atom stereocenters. The second-order valence-electron chi connectivity index (χ2n) is 11.9. The van der Waals surface area contributed by atoms with Crippen LogP contribution in [0.4, 0.5) is 0 Å². The van der Waals surface area contributed by atoms with Gasteiger partial charge in [-0.05, 0) is 57.4 Å². The minimum atomic E-state index is -0.868. The summed E-state index contributed by atoms with van der Waals surface area (Å²) in [6.07, 6.45) is 7.28. The van der Waals surface area contributed by atoms with Crippen molar-refractivity contribution in [3.8, 4) is 0 Å². The summed E-state index contributed by atoms with van der Waals surface area (Å²) in [5.41, 5.74) is 3.55. The van der Waals surface area contributed by atoms with E-state index in [1.54, 1.807) is 0 Å². The van der Waals surface area contributed by atoms with Gasteiger partial charge in [-0.25, -0.2) is 0 Å². The molecule has 212 valence electrons. The number of H-pyrrole nitrogens is 1. The van der Waals surface area contributed by atoms with Crippen molar-refractivity contribution >= 4 is 11.8 Å². The topological polar surface area (TPSA) is 102 Å². The number of piperidine rings is 1. The van der Waals surface area contributed by atoms with Gasteiger partial charge in [0, 0.05) is 30.9 Å². The molecule has 2 aromatic rings. The third-order valence-corrected chi connectivity index (χ3v) is 9.53. The largest absolute Gasteiger partial charge is 0.390 e. The Morgan fingerprint density at radius 2 is 1.77 bits per heavy atom. The third kappa shape index (κ3) is 5.25. The first kappa shape index (κ1) is 27.8. The summed E-state index contributed by atoms with van der Waals surface area (Å²) in [5.74, 6) is -0.120. The highest BCUT2D eigenvalue weighted by Crippen LogP contribution is 2.40. The number of nitrogens with one attached hydrogen (secondary N) is 2. The van der Waals surface area contributed by atoms with Crippen LogP contribution in [0.3, 0.4) is 0 Å². The summed E-state index contributed by atoms with van der Waals surface area (Å²) in [6, 6.07) is 9.66. The lowest BCUT2D eigenvalue weighted by molar-refractivity contribution is -0.166. The molecule has 3 fully saturated rings. The van der Waals surface area contributed by atoms with Gasteiger partial charge in [0.05, 0.1) is 17.8 Å². The number of aromatic amines is 1. The van der Waals surface area contributed by atoms with Crippen molar-refractivity contribution in [2.75, 3.05) is 19.6 Å². The Labute approximate surface area is 232 Å². The van der Waals surface area contributed by atoms with Gasteiger partial charge in [-0.1, -0.05) is 62.9 Å². The minimum absolute atomic E-state index is 0.0228. The van der Waals surface area contributed by atoms with Gasteiger partial charge in [0.1, 0.15) is 11.6 Å². The van der Waals surface area contributed by atoms with Gasteiger partial charge in [0.15, 0.2) is 0 Å². The minimum Gasteiger partial charge on any atom is -0.390 e. The zero-order chi connectivity index (χ0) is 27.6. The smallest absolute Gasteiger partial charge is 0.248 e. The number of aliphatic hydroxyl groups is 1. The monoisotopic (exact) mass is 535 g/mol. The van der Waals surface area contributed by atoms with Gasteiger partial charge in [-0.15, -0.1) is 0 Å². The van der Waals surface area contributed by atoms with Crippen LogP contribution in [0.2, 0.25) is 0 Å². The van der Waals surface area contributed by atoms with Gasteiger partial charge < -0.3 is 15.3 Å². The molecule has 1 aromatic carbocycles. The predicted octanol–water partition coefficient (Wildman–Crippen LogP) is 4.02. The summed E-state index contributed by atoms with van der Waals surface area (Å²) in [7, 11) is 0. The van der Waals surface area contributed by atoms with E-state index in [4.69, 9.17) is 0 Å². The summed E-state index contributed by atoms with van der Waals surface area (Å²) in [6.45, 7) is 8.13. The quantitative estimate of drug-likeness (QED) is 0.474. The zero-order valence-electron chi connectivity index (χ0n) is 23.8.